The number of hydrogen-bond donors (Lipinski definition) is 0. The Bertz CT molecular complexity index is 428. The minimum absolute atomic E-state index is 0.587. The second-order valence-electron chi connectivity index (χ2n) is 6.52. The summed E-state index contributed by atoms with van der Waals surface area (Å²) in [6.45, 7) is 7.17. The molecule has 0 unspecified atom stereocenters. The van der Waals surface area contributed by atoms with Crippen molar-refractivity contribution in [2.24, 2.45) is 5.92 Å². The molecule has 1 aliphatic rings. The van der Waals surface area contributed by atoms with Crippen LogP contribution in [0.4, 0.5) is 0 Å². The van der Waals surface area contributed by atoms with E-state index >= 15 is 0 Å². The van der Waals surface area contributed by atoms with E-state index in [2.05, 4.69) is 37.8 Å². The quantitative estimate of drug-likeness (QED) is 0.537. The van der Waals surface area contributed by atoms with Gasteiger partial charge in [-0.25, -0.2) is 0 Å². The van der Waals surface area contributed by atoms with Crippen LogP contribution in [0.15, 0.2) is 42.4 Å². The molecule has 0 heterocycles. The zero-order valence-electron chi connectivity index (χ0n) is 12.9. The summed E-state index contributed by atoms with van der Waals surface area (Å²) in [6.07, 6.45) is 7.43. The largest absolute Gasteiger partial charge is 0.520 e. The molecule has 0 radical (unpaired) electrons. The van der Waals surface area contributed by atoms with Crippen LogP contribution < -0.4 is 0 Å². The van der Waals surface area contributed by atoms with Gasteiger partial charge in [-0.3, -0.25) is 0 Å². The van der Waals surface area contributed by atoms with E-state index in [9.17, 15) is 0 Å². The van der Waals surface area contributed by atoms with Crippen molar-refractivity contribution in [1.82, 2.24) is 0 Å². The van der Waals surface area contributed by atoms with Crippen molar-refractivity contribution < 1.29 is 9.16 Å². The lowest BCUT2D eigenvalue weighted by Gasteiger charge is -2.22. The van der Waals surface area contributed by atoms with E-state index in [4.69, 9.17) is 9.16 Å². The van der Waals surface area contributed by atoms with Crippen LogP contribution >= 0.6 is 0 Å². The molecule has 1 saturated carbocycles. The summed E-state index contributed by atoms with van der Waals surface area (Å²) in [5.74, 6) is 1.39. The van der Waals surface area contributed by atoms with Gasteiger partial charge in [0.1, 0.15) is 6.61 Å². The third-order valence-corrected chi connectivity index (χ3v) is 4.22. The first-order valence-corrected chi connectivity index (χ1v) is 11.0. The molecule has 20 heavy (non-hydrogen) atoms. The predicted octanol–water partition coefficient (Wildman–Crippen LogP) is 5.09. The molecule has 0 atom stereocenters. The van der Waals surface area contributed by atoms with Gasteiger partial charge in [0.05, 0.1) is 0 Å². The highest BCUT2D eigenvalue weighted by atomic mass is 28.4. The molecule has 0 amide bonds. The summed E-state index contributed by atoms with van der Waals surface area (Å²) >= 11 is 0. The van der Waals surface area contributed by atoms with Gasteiger partial charge in [-0.15, -0.1) is 0 Å². The first-order valence-electron chi connectivity index (χ1n) is 7.60. The van der Waals surface area contributed by atoms with Crippen molar-refractivity contribution >= 4 is 8.32 Å². The fourth-order valence-corrected chi connectivity index (χ4v) is 3.19. The summed E-state index contributed by atoms with van der Waals surface area (Å²) < 4.78 is 12.0. The molecular weight excluding hydrogens is 264 g/mol. The highest BCUT2D eigenvalue weighted by Gasteiger charge is 2.21. The molecule has 0 N–H and O–H groups in total. The SMILES string of the molecule is C[Si](C)(C)OC(=CC1CCCC1)OCc1ccccc1. The number of benzene rings is 1. The Morgan fingerprint density at radius 3 is 2.40 bits per heavy atom. The van der Waals surface area contributed by atoms with E-state index in [1.54, 1.807) is 0 Å². The van der Waals surface area contributed by atoms with E-state index in [1.807, 2.05) is 18.2 Å². The fourth-order valence-electron chi connectivity index (χ4n) is 2.46. The van der Waals surface area contributed by atoms with Gasteiger partial charge in [-0.2, -0.15) is 0 Å². The molecule has 0 saturated heterocycles. The second kappa shape index (κ2) is 6.98. The van der Waals surface area contributed by atoms with Crippen LogP contribution in [0.5, 0.6) is 0 Å². The highest BCUT2D eigenvalue weighted by Crippen LogP contribution is 2.28. The van der Waals surface area contributed by atoms with Gasteiger partial charge >= 0.3 is 0 Å². The normalized spacial score (nSPS) is 17.2. The minimum atomic E-state index is -1.62. The number of rotatable bonds is 6. The lowest BCUT2D eigenvalue weighted by molar-refractivity contribution is 0.0891. The Hall–Kier alpha value is -1.22. The predicted molar refractivity (Wildman–Crippen MR) is 85.7 cm³/mol. The number of ether oxygens (including phenoxy) is 1. The summed E-state index contributed by atoms with van der Waals surface area (Å²) in [5, 5.41) is 0. The summed E-state index contributed by atoms with van der Waals surface area (Å²) in [6, 6.07) is 10.3. The van der Waals surface area contributed by atoms with Crippen molar-refractivity contribution in [3.63, 3.8) is 0 Å². The van der Waals surface area contributed by atoms with Crippen LogP contribution in [-0.2, 0) is 15.8 Å². The van der Waals surface area contributed by atoms with Gasteiger partial charge < -0.3 is 9.16 Å². The molecule has 1 aromatic carbocycles. The first kappa shape index (κ1) is 15.2. The molecule has 0 aliphatic heterocycles. The number of allylic oxidation sites excluding steroid dienone is 1. The monoisotopic (exact) mass is 290 g/mol. The Labute approximate surface area is 123 Å². The van der Waals surface area contributed by atoms with Crippen LogP contribution in [0.25, 0.3) is 0 Å². The van der Waals surface area contributed by atoms with Gasteiger partial charge in [0.25, 0.3) is 5.95 Å². The fraction of sp³-hybridized carbons (Fsp3) is 0.529. The maximum absolute atomic E-state index is 6.10. The van der Waals surface area contributed by atoms with E-state index in [0.717, 1.165) is 5.95 Å². The van der Waals surface area contributed by atoms with Gasteiger partial charge in [0.15, 0.2) is 0 Å². The van der Waals surface area contributed by atoms with Gasteiger partial charge in [0, 0.05) is 0 Å². The molecule has 2 nitrogen and oxygen atoms in total. The molecule has 2 rings (SSSR count). The molecule has 1 fully saturated rings. The van der Waals surface area contributed by atoms with Crippen LogP contribution in [-0.4, -0.2) is 8.32 Å². The van der Waals surface area contributed by atoms with Crippen LogP contribution in [0, 0.1) is 5.92 Å². The Morgan fingerprint density at radius 2 is 1.80 bits per heavy atom. The van der Waals surface area contributed by atoms with E-state index in [1.165, 1.54) is 31.2 Å². The van der Waals surface area contributed by atoms with Gasteiger partial charge in [-0.1, -0.05) is 43.2 Å². The van der Waals surface area contributed by atoms with E-state index in [-0.39, 0.29) is 0 Å². The lowest BCUT2D eigenvalue weighted by atomic mass is 10.1. The lowest BCUT2D eigenvalue weighted by Crippen LogP contribution is -2.26. The summed E-state index contributed by atoms with van der Waals surface area (Å²) in [4.78, 5) is 0. The van der Waals surface area contributed by atoms with Crippen LogP contribution in [0.2, 0.25) is 19.6 Å². The zero-order chi connectivity index (χ0) is 14.4. The molecule has 0 aromatic heterocycles. The molecular formula is C17H26O2Si. The Kier molecular flexibility index (Phi) is 5.29. The first-order chi connectivity index (χ1) is 9.53. The van der Waals surface area contributed by atoms with Crippen LogP contribution in [0.1, 0.15) is 31.2 Å². The molecule has 0 bridgehead atoms. The standard InChI is InChI=1S/C17H26O2Si/c1-20(2,3)19-17(13-15-9-7-8-10-15)18-14-16-11-5-4-6-12-16/h4-6,11-13,15H,7-10,14H2,1-3H3. The molecule has 0 spiro atoms. The van der Waals surface area contributed by atoms with E-state index in [0.29, 0.717) is 12.5 Å². The van der Waals surface area contributed by atoms with Crippen molar-refractivity contribution in [2.75, 3.05) is 0 Å². The summed E-state index contributed by atoms with van der Waals surface area (Å²) in [7, 11) is -1.62. The van der Waals surface area contributed by atoms with Crippen molar-refractivity contribution in [2.45, 2.75) is 51.9 Å². The minimum Gasteiger partial charge on any atom is -0.520 e. The third kappa shape index (κ3) is 5.41. The smallest absolute Gasteiger partial charge is 0.261 e. The average Bonchev–Trinajstić information content (AvgIpc) is 2.88. The van der Waals surface area contributed by atoms with Crippen molar-refractivity contribution in [3.8, 4) is 0 Å². The zero-order valence-corrected chi connectivity index (χ0v) is 13.9. The second-order valence-corrected chi connectivity index (χ2v) is 10.9. The van der Waals surface area contributed by atoms with Crippen LogP contribution in [0.3, 0.4) is 0 Å². The maximum Gasteiger partial charge on any atom is 0.261 e. The van der Waals surface area contributed by atoms with Gasteiger partial charge in [-0.05, 0) is 50.0 Å². The van der Waals surface area contributed by atoms with Crippen molar-refractivity contribution in [3.05, 3.63) is 47.9 Å². The highest BCUT2D eigenvalue weighted by molar-refractivity contribution is 6.69. The molecule has 110 valence electrons. The van der Waals surface area contributed by atoms with E-state index < -0.39 is 8.32 Å². The molecule has 1 aliphatic carbocycles. The molecule has 1 aromatic rings. The number of hydrogen-bond acceptors (Lipinski definition) is 2. The topological polar surface area (TPSA) is 18.5 Å². The maximum atomic E-state index is 6.10. The van der Waals surface area contributed by atoms with Gasteiger partial charge in [0.2, 0.25) is 8.32 Å². The third-order valence-electron chi connectivity index (χ3n) is 3.40. The molecule has 3 heteroatoms. The summed E-state index contributed by atoms with van der Waals surface area (Å²) in [5.41, 5.74) is 1.18. The Morgan fingerprint density at radius 1 is 1.15 bits per heavy atom. The Balaban J connectivity index is 1.98. The van der Waals surface area contributed by atoms with Crippen molar-refractivity contribution in [1.29, 1.82) is 0 Å². The average molecular weight is 290 g/mol.